The molecular weight excluding hydrogens is 336 g/mol. The zero-order valence-electron chi connectivity index (χ0n) is 15.2. The third kappa shape index (κ3) is 5.23. The molecule has 2 rings (SSSR count). The second kappa shape index (κ2) is 8.39. The van der Waals surface area contributed by atoms with E-state index < -0.39 is 9.84 Å². The summed E-state index contributed by atoms with van der Waals surface area (Å²) in [5.74, 6) is 1.77. The van der Waals surface area contributed by atoms with E-state index in [1.54, 1.807) is 48.5 Å². The van der Waals surface area contributed by atoms with Gasteiger partial charge in [0.25, 0.3) is 0 Å². The van der Waals surface area contributed by atoms with Crippen molar-refractivity contribution in [1.29, 1.82) is 0 Å². The highest BCUT2D eigenvalue weighted by molar-refractivity contribution is 7.91. The highest BCUT2D eigenvalue weighted by Gasteiger charge is 2.22. The van der Waals surface area contributed by atoms with Gasteiger partial charge in [-0.05, 0) is 48.2 Å². The summed E-state index contributed by atoms with van der Waals surface area (Å²) in [5, 5.41) is 0. The average molecular weight is 362 g/mol. The standard InChI is InChI=1S/C20H26O4S/c1-15(2)13-23-17-9-11-18(12-10-17)25(21,22)20-8-6-5-7-19(20)24-14-16(3)4/h5-12,15-16H,13-14H2,1-4H3. The van der Waals surface area contributed by atoms with Gasteiger partial charge in [0.1, 0.15) is 16.4 Å². The molecule has 0 unspecified atom stereocenters. The maximum Gasteiger partial charge on any atom is 0.210 e. The van der Waals surface area contributed by atoms with Gasteiger partial charge in [-0.1, -0.05) is 39.8 Å². The van der Waals surface area contributed by atoms with Gasteiger partial charge in [-0.15, -0.1) is 0 Å². The maximum atomic E-state index is 13.0. The van der Waals surface area contributed by atoms with E-state index in [4.69, 9.17) is 9.47 Å². The molecule has 0 radical (unpaired) electrons. The maximum absolute atomic E-state index is 13.0. The van der Waals surface area contributed by atoms with E-state index in [0.717, 1.165) is 0 Å². The second-order valence-corrected chi connectivity index (χ2v) is 8.75. The predicted molar refractivity (Wildman–Crippen MR) is 99.0 cm³/mol. The van der Waals surface area contributed by atoms with Crippen LogP contribution in [-0.2, 0) is 9.84 Å². The molecule has 0 aliphatic heterocycles. The van der Waals surface area contributed by atoms with E-state index in [2.05, 4.69) is 13.8 Å². The molecule has 0 aromatic heterocycles. The van der Waals surface area contributed by atoms with Crippen molar-refractivity contribution in [2.24, 2.45) is 11.8 Å². The number of para-hydroxylation sites is 1. The number of ether oxygens (including phenoxy) is 2. The van der Waals surface area contributed by atoms with E-state index >= 15 is 0 Å². The summed E-state index contributed by atoms with van der Waals surface area (Å²) in [7, 11) is -3.65. The van der Waals surface area contributed by atoms with Gasteiger partial charge in [-0.25, -0.2) is 8.42 Å². The molecule has 0 atom stereocenters. The van der Waals surface area contributed by atoms with Gasteiger partial charge < -0.3 is 9.47 Å². The molecule has 0 fully saturated rings. The zero-order valence-corrected chi connectivity index (χ0v) is 16.0. The summed E-state index contributed by atoms with van der Waals surface area (Å²) in [6, 6.07) is 13.3. The van der Waals surface area contributed by atoms with Gasteiger partial charge in [0, 0.05) is 0 Å². The van der Waals surface area contributed by atoms with Gasteiger partial charge in [-0.2, -0.15) is 0 Å². The minimum atomic E-state index is -3.65. The Morgan fingerprint density at radius 3 is 1.96 bits per heavy atom. The third-order valence-electron chi connectivity index (χ3n) is 3.43. The summed E-state index contributed by atoms with van der Waals surface area (Å²) < 4.78 is 37.2. The van der Waals surface area contributed by atoms with Crippen LogP contribution >= 0.6 is 0 Å². The summed E-state index contributed by atoms with van der Waals surface area (Å²) >= 11 is 0. The topological polar surface area (TPSA) is 52.6 Å². The molecule has 2 aromatic carbocycles. The van der Waals surface area contributed by atoms with E-state index in [1.165, 1.54) is 0 Å². The van der Waals surface area contributed by atoms with Crippen LogP contribution < -0.4 is 9.47 Å². The number of benzene rings is 2. The fourth-order valence-corrected chi connectivity index (χ4v) is 3.55. The van der Waals surface area contributed by atoms with Crippen molar-refractivity contribution in [1.82, 2.24) is 0 Å². The van der Waals surface area contributed by atoms with Crippen LogP contribution in [0.4, 0.5) is 0 Å². The van der Waals surface area contributed by atoms with Crippen LogP contribution in [0.1, 0.15) is 27.7 Å². The lowest BCUT2D eigenvalue weighted by atomic mass is 10.2. The van der Waals surface area contributed by atoms with Crippen molar-refractivity contribution in [3.8, 4) is 11.5 Å². The van der Waals surface area contributed by atoms with Crippen molar-refractivity contribution in [2.75, 3.05) is 13.2 Å². The Balaban J connectivity index is 2.26. The first-order chi connectivity index (χ1) is 11.8. The Bertz CT molecular complexity index is 778. The summed E-state index contributed by atoms with van der Waals surface area (Å²) in [4.78, 5) is 0.413. The monoisotopic (exact) mass is 362 g/mol. The zero-order chi connectivity index (χ0) is 18.4. The molecule has 0 heterocycles. The minimum Gasteiger partial charge on any atom is -0.493 e. The molecule has 0 spiro atoms. The van der Waals surface area contributed by atoms with Gasteiger partial charge in [0.2, 0.25) is 9.84 Å². The predicted octanol–water partition coefficient (Wildman–Crippen LogP) is 4.59. The van der Waals surface area contributed by atoms with Crippen molar-refractivity contribution in [2.45, 2.75) is 37.5 Å². The molecule has 0 bridgehead atoms. The quantitative estimate of drug-likeness (QED) is 0.689. The van der Waals surface area contributed by atoms with Crippen LogP contribution in [0.15, 0.2) is 58.3 Å². The normalized spacial score (nSPS) is 11.8. The lowest BCUT2D eigenvalue weighted by Gasteiger charge is -2.14. The molecule has 25 heavy (non-hydrogen) atoms. The van der Waals surface area contributed by atoms with Crippen molar-refractivity contribution in [3.63, 3.8) is 0 Å². The van der Waals surface area contributed by atoms with Crippen LogP contribution in [0.5, 0.6) is 11.5 Å². The van der Waals surface area contributed by atoms with E-state index in [1.807, 2.05) is 13.8 Å². The van der Waals surface area contributed by atoms with E-state index in [9.17, 15) is 8.42 Å². The molecule has 0 saturated carbocycles. The van der Waals surface area contributed by atoms with Gasteiger partial charge in [-0.3, -0.25) is 0 Å². The van der Waals surface area contributed by atoms with Crippen LogP contribution in [-0.4, -0.2) is 21.6 Å². The highest BCUT2D eigenvalue weighted by atomic mass is 32.2. The Morgan fingerprint density at radius 2 is 1.36 bits per heavy atom. The van der Waals surface area contributed by atoms with Gasteiger partial charge in [0.15, 0.2) is 0 Å². The molecule has 0 aliphatic rings. The van der Waals surface area contributed by atoms with Crippen LogP contribution in [0.25, 0.3) is 0 Å². The third-order valence-corrected chi connectivity index (χ3v) is 5.24. The Morgan fingerprint density at radius 1 is 0.800 bits per heavy atom. The summed E-state index contributed by atoms with van der Waals surface area (Å²) in [6.07, 6.45) is 0. The Hall–Kier alpha value is -2.01. The summed E-state index contributed by atoms with van der Waals surface area (Å²) in [6.45, 7) is 9.23. The van der Waals surface area contributed by atoms with Crippen molar-refractivity contribution < 1.29 is 17.9 Å². The molecule has 4 nitrogen and oxygen atoms in total. The van der Waals surface area contributed by atoms with E-state index in [0.29, 0.717) is 36.5 Å². The lowest BCUT2D eigenvalue weighted by molar-refractivity contribution is 0.264. The van der Waals surface area contributed by atoms with E-state index in [-0.39, 0.29) is 9.79 Å². The number of hydrogen-bond donors (Lipinski definition) is 0. The number of hydrogen-bond acceptors (Lipinski definition) is 4. The lowest BCUT2D eigenvalue weighted by Crippen LogP contribution is -2.09. The fourth-order valence-electron chi connectivity index (χ4n) is 2.15. The molecule has 5 heteroatoms. The van der Waals surface area contributed by atoms with Crippen LogP contribution in [0.3, 0.4) is 0 Å². The first-order valence-corrected chi connectivity index (χ1v) is 9.98. The molecule has 0 aliphatic carbocycles. The highest BCUT2D eigenvalue weighted by Crippen LogP contribution is 2.30. The first kappa shape index (κ1) is 19.3. The molecule has 2 aromatic rings. The molecule has 0 N–H and O–H groups in total. The largest absolute Gasteiger partial charge is 0.493 e. The SMILES string of the molecule is CC(C)COc1ccc(S(=O)(=O)c2ccccc2OCC(C)C)cc1. The first-order valence-electron chi connectivity index (χ1n) is 8.50. The minimum absolute atomic E-state index is 0.187. The Labute approximate surface area is 150 Å². The molecule has 0 saturated heterocycles. The van der Waals surface area contributed by atoms with Crippen molar-refractivity contribution in [3.05, 3.63) is 48.5 Å². The molecular formula is C20H26O4S. The Kier molecular flexibility index (Phi) is 6.48. The summed E-state index contributed by atoms with van der Waals surface area (Å²) in [5.41, 5.74) is 0. The second-order valence-electron chi connectivity index (χ2n) is 6.83. The van der Waals surface area contributed by atoms with Crippen LogP contribution in [0, 0.1) is 11.8 Å². The number of sulfone groups is 1. The van der Waals surface area contributed by atoms with Gasteiger partial charge >= 0.3 is 0 Å². The smallest absolute Gasteiger partial charge is 0.210 e. The van der Waals surface area contributed by atoms with Crippen LogP contribution in [0.2, 0.25) is 0 Å². The number of rotatable bonds is 8. The fraction of sp³-hybridized carbons (Fsp3) is 0.400. The average Bonchev–Trinajstić information content (AvgIpc) is 2.58. The molecule has 136 valence electrons. The van der Waals surface area contributed by atoms with Crippen molar-refractivity contribution >= 4 is 9.84 Å². The van der Waals surface area contributed by atoms with Gasteiger partial charge in [0.05, 0.1) is 18.1 Å². The molecule has 0 amide bonds.